The molecule has 0 atom stereocenters. The Balaban J connectivity index is 1.97. The molecular weight excluding hydrogens is 395 g/mol. The number of alkyl halides is 2. The Morgan fingerprint density at radius 3 is 2.63 bits per heavy atom. The van der Waals surface area contributed by atoms with Gasteiger partial charge in [-0.15, -0.1) is 0 Å². The van der Waals surface area contributed by atoms with Crippen LogP contribution in [0.1, 0.15) is 12.0 Å². The normalized spacial score (nSPS) is 11.3. The minimum Gasteiger partial charge on any atom is -0.497 e. The lowest BCUT2D eigenvalue weighted by Crippen LogP contribution is -2.31. The van der Waals surface area contributed by atoms with E-state index in [1.165, 1.54) is 36.3 Å². The predicted octanol–water partition coefficient (Wildman–Crippen LogP) is 1.69. The quantitative estimate of drug-likeness (QED) is 0.428. The van der Waals surface area contributed by atoms with Crippen molar-refractivity contribution in [2.24, 2.45) is 0 Å². The second kappa shape index (κ2) is 7.69. The summed E-state index contributed by atoms with van der Waals surface area (Å²) in [6, 6.07) is 8.24. The lowest BCUT2D eigenvalue weighted by molar-refractivity contribution is 0.151. The Morgan fingerprint density at radius 1 is 1.17 bits per heavy atom. The summed E-state index contributed by atoms with van der Waals surface area (Å²) in [4.78, 5) is 0. The Bertz CT molecular complexity index is 1230. The summed E-state index contributed by atoms with van der Waals surface area (Å²) in [5.74, 6) is 0.169. The molecule has 0 fully saturated rings. The molecule has 0 unspecified atom stereocenters. The van der Waals surface area contributed by atoms with Crippen molar-refractivity contribution in [3.05, 3.63) is 54.5 Å². The van der Waals surface area contributed by atoms with Gasteiger partial charge in [-0.3, -0.25) is 0 Å². The van der Waals surface area contributed by atoms with Gasteiger partial charge in [-0.05, 0) is 23.8 Å². The molecule has 0 spiro atoms. The second-order valence-electron chi connectivity index (χ2n) is 6.54. The van der Waals surface area contributed by atoms with Gasteiger partial charge in [0, 0.05) is 28.7 Å². The van der Waals surface area contributed by atoms with Crippen LogP contribution in [0.15, 0.2) is 48.9 Å². The lowest BCUT2D eigenvalue weighted by Gasteiger charge is -2.16. The zero-order valence-electron chi connectivity index (χ0n) is 15.7. The molecule has 152 valence electrons. The number of nitrogen functional groups attached to an aromatic ring is 1. The first-order valence-electron chi connectivity index (χ1n) is 8.81. The highest BCUT2D eigenvalue weighted by Gasteiger charge is 2.22. The van der Waals surface area contributed by atoms with Crippen molar-refractivity contribution in [3.63, 3.8) is 0 Å². The number of hydrogen-bond acceptors (Lipinski definition) is 7. The molecule has 2 aromatic heterocycles. The molecule has 30 heavy (non-hydrogen) atoms. The van der Waals surface area contributed by atoms with E-state index in [0.717, 1.165) is 6.20 Å². The van der Waals surface area contributed by atoms with Crippen molar-refractivity contribution in [1.82, 2.24) is 20.0 Å². The Kier molecular flexibility index (Phi) is 5.06. The van der Waals surface area contributed by atoms with Crippen molar-refractivity contribution in [2.45, 2.75) is 6.43 Å². The number of aromatic nitrogens is 4. The molecule has 0 saturated heterocycles. The smallest absolute Gasteiger partial charge is 0.492 e. The molecule has 0 bridgehead atoms. The molecule has 2 aromatic carbocycles. The minimum atomic E-state index is -2.68. The molecule has 2 heterocycles. The number of halogens is 2. The first-order chi connectivity index (χ1) is 14.4. The van der Waals surface area contributed by atoms with Gasteiger partial charge in [-0.2, -0.15) is 15.3 Å². The molecule has 8 nitrogen and oxygen atoms in total. The van der Waals surface area contributed by atoms with Gasteiger partial charge < -0.3 is 20.5 Å². The minimum absolute atomic E-state index is 0.108. The summed E-state index contributed by atoms with van der Waals surface area (Å²) < 4.78 is 32.7. The Hall–Kier alpha value is -3.57. The molecule has 4 aromatic rings. The van der Waals surface area contributed by atoms with E-state index in [4.69, 9.17) is 10.5 Å². The molecule has 4 rings (SSSR count). The standard InChI is InChI=1S/C19H16BF2N5O3/c1-30-18-6-17(27-9-11(7-25-27)19(21)22)13(5-14(18)20(28)29)10-2-3-12-15(23)8-24-26-16(12)4-10/h2-9,19,28-29H,1H3,(H2,23,26). The molecule has 0 amide bonds. The number of nitrogens with two attached hydrogens (primary N) is 1. The predicted molar refractivity (Wildman–Crippen MR) is 108 cm³/mol. The third kappa shape index (κ3) is 3.44. The molecular formula is C19H16BF2N5O3. The second-order valence-corrected chi connectivity index (χ2v) is 6.54. The first kappa shape index (κ1) is 19.7. The highest BCUT2D eigenvalue weighted by molar-refractivity contribution is 6.60. The van der Waals surface area contributed by atoms with E-state index < -0.39 is 13.5 Å². The Labute approximate surface area is 169 Å². The maximum atomic E-state index is 13.1. The van der Waals surface area contributed by atoms with Crippen molar-refractivity contribution in [3.8, 4) is 22.6 Å². The summed E-state index contributed by atoms with van der Waals surface area (Å²) in [5, 5.41) is 32.2. The van der Waals surface area contributed by atoms with Crippen LogP contribution in [0.2, 0.25) is 0 Å². The number of nitrogens with zero attached hydrogens (tertiary/aromatic N) is 4. The molecule has 0 radical (unpaired) electrons. The largest absolute Gasteiger partial charge is 0.497 e. The van der Waals surface area contributed by atoms with Crippen molar-refractivity contribution in [1.29, 1.82) is 0 Å². The van der Waals surface area contributed by atoms with Gasteiger partial charge in [0.05, 0.1) is 42.0 Å². The zero-order chi connectivity index (χ0) is 21.4. The zero-order valence-corrected chi connectivity index (χ0v) is 15.7. The Morgan fingerprint density at radius 2 is 1.97 bits per heavy atom. The number of ether oxygens (including phenoxy) is 1. The van der Waals surface area contributed by atoms with Gasteiger partial charge in [0.15, 0.2) is 0 Å². The van der Waals surface area contributed by atoms with Crippen LogP contribution in [0, 0.1) is 0 Å². The third-order valence-corrected chi connectivity index (χ3v) is 4.71. The van der Waals surface area contributed by atoms with Crippen molar-refractivity contribution in [2.75, 3.05) is 12.8 Å². The van der Waals surface area contributed by atoms with E-state index in [-0.39, 0.29) is 16.8 Å². The topological polar surface area (TPSA) is 119 Å². The van der Waals surface area contributed by atoms with Crippen LogP contribution in [0.3, 0.4) is 0 Å². The van der Waals surface area contributed by atoms with Crippen LogP contribution in [0.4, 0.5) is 14.5 Å². The maximum Gasteiger partial charge on any atom is 0.492 e. The van der Waals surface area contributed by atoms with Crippen LogP contribution in [-0.4, -0.2) is 44.3 Å². The van der Waals surface area contributed by atoms with E-state index in [1.807, 2.05) is 0 Å². The van der Waals surface area contributed by atoms with E-state index >= 15 is 0 Å². The summed E-state index contributed by atoms with van der Waals surface area (Å²) in [6.07, 6.45) is 1.04. The van der Waals surface area contributed by atoms with Crippen molar-refractivity contribution < 1.29 is 23.6 Å². The van der Waals surface area contributed by atoms with E-state index in [0.29, 0.717) is 33.4 Å². The van der Waals surface area contributed by atoms with Gasteiger partial charge in [-0.25, -0.2) is 13.5 Å². The molecule has 0 aliphatic carbocycles. The van der Waals surface area contributed by atoms with Crippen molar-refractivity contribution >= 4 is 29.2 Å². The SMILES string of the molecule is COc1cc(-n2cc(C(F)F)cn2)c(-c2ccc3c(N)cnnc3c2)cc1B(O)O. The summed E-state index contributed by atoms with van der Waals surface area (Å²) in [5.41, 5.74) is 8.29. The molecule has 4 N–H and O–H groups in total. The van der Waals surface area contributed by atoms with Gasteiger partial charge in [-0.1, -0.05) is 6.07 Å². The number of methoxy groups -OCH3 is 1. The van der Waals surface area contributed by atoms with Crippen LogP contribution < -0.4 is 15.9 Å². The highest BCUT2D eigenvalue weighted by atomic mass is 19.3. The number of benzene rings is 2. The van der Waals surface area contributed by atoms with Gasteiger partial charge >= 0.3 is 7.12 Å². The fourth-order valence-corrected chi connectivity index (χ4v) is 3.22. The van der Waals surface area contributed by atoms with Crippen LogP contribution >= 0.6 is 0 Å². The first-order valence-corrected chi connectivity index (χ1v) is 8.81. The lowest BCUT2D eigenvalue weighted by atomic mass is 9.77. The third-order valence-electron chi connectivity index (χ3n) is 4.71. The van der Waals surface area contributed by atoms with Crippen LogP contribution in [0.25, 0.3) is 27.7 Å². The van der Waals surface area contributed by atoms with E-state index in [1.54, 1.807) is 18.2 Å². The van der Waals surface area contributed by atoms with Gasteiger partial charge in [0.1, 0.15) is 5.75 Å². The monoisotopic (exact) mass is 411 g/mol. The number of anilines is 1. The van der Waals surface area contributed by atoms with Crippen LogP contribution in [-0.2, 0) is 0 Å². The fraction of sp³-hybridized carbons (Fsp3) is 0.105. The summed E-state index contributed by atoms with van der Waals surface area (Å²) in [6.45, 7) is 0. The average molecular weight is 411 g/mol. The van der Waals surface area contributed by atoms with E-state index in [2.05, 4.69) is 15.3 Å². The molecule has 0 aliphatic rings. The number of rotatable bonds is 5. The van der Waals surface area contributed by atoms with E-state index in [9.17, 15) is 18.8 Å². The molecule has 0 aliphatic heterocycles. The molecule has 11 heteroatoms. The fourth-order valence-electron chi connectivity index (χ4n) is 3.22. The summed E-state index contributed by atoms with van der Waals surface area (Å²) >= 11 is 0. The maximum absolute atomic E-state index is 13.1. The average Bonchev–Trinajstić information content (AvgIpc) is 3.23. The highest BCUT2D eigenvalue weighted by Crippen LogP contribution is 2.32. The van der Waals surface area contributed by atoms with Crippen LogP contribution in [0.5, 0.6) is 5.75 Å². The summed E-state index contributed by atoms with van der Waals surface area (Å²) in [7, 11) is -0.440. The molecule has 0 saturated carbocycles. The number of hydrogen-bond donors (Lipinski definition) is 3. The number of fused-ring (bicyclic) bond motifs is 1. The van der Waals surface area contributed by atoms with Gasteiger partial charge in [0.25, 0.3) is 6.43 Å². The van der Waals surface area contributed by atoms with Gasteiger partial charge in [0.2, 0.25) is 0 Å².